The van der Waals surface area contributed by atoms with Crippen LogP contribution in [0.15, 0.2) is 42.7 Å². The number of unbranched alkanes of at least 4 members (excludes halogenated alkanes) is 1. The van der Waals surface area contributed by atoms with Crippen molar-refractivity contribution < 1.29 is 23.4 Å². The molecule has 0 saturated carbocycles. The van der Waals surface area contributed by atoms with Crippen molar-refractivity contribution in [3.05, 3.63) is 59.9 Å². The average molecular weight is 444 g/mol. The highest BCUT2D eigenvalue weighted by atomic mass is 19.3. The summed E-state index contributed by atoms with van der Waals surface area (Å²) >= 11 is 0. The zero-order valence-corrected chi connectivity index (χ0v) is 18.1. The lowest BCUT2D eigenvalue weighted by atomic mass is 10.0. The highest BCUT2D eigenvalue weighted by molar-refractivity contribution is 5.73. The second kappa shape index (κ2) is 10.3. The van der Waals surface area contributed by atoms with E-state index >= 15 is 0 Å². The Morgan fingerprint density at radius 2 is 1.91 bits per heavy atom. The van der Waals surface area contributed by atoms with E-state index < -0.39 is 17.9 Å². The summed E-state index contributed by atoms with van der Waals surface area (Å²) in [6.45, 7) is 4.05. The molecule has 7 nitrogen and oxygen atoms in total. The summed E-state index contributed by atoms with van der Waals surface area (Å²) in [6, 6.07) is 8.75. The normalized spacial score (nSPS) is 11.5. The van der Waals surface area contributed by atoms with E-state index in [0.29, 0.717) is 30.8 Å². The van der Waals surface area contributed by atoms with Gasteiger partial charge in [-0.25, -0.2) is 14.5 Å². The molecule has 0 aliphatic rings. The Balaban J connectivity index is 1.85. The fraction of sp³-hybridized carbons (Fsp3) is 0.391. The molecule has 2 aromatic heterocycles. The summed E-state index contributed by atoms with van der Waals surface area (Å²) in [5.74, 6) is -2.74. The van der Waals surface area contributed by atoms with E-state index in [2.05, 4.69) is 15.1 Å². The third-order valence-corrected chi connectivity index (χ3v) is 4.97. The standard InChI is InChI=1S/C23H26F2N4O3/c1-3-5-6-20-27-21(23(24,25)12-4-2)28-29(20)15-16-7-9-17(10-8-16)18-14-26-13-11-19(18)32-22(30)31/h7-11,13-14H,3-6,12,15H2,1-2H3,(H,30,31). The first-order valence-electron chi connectivity index (χ1n) is 10.6. The van der Waals surface area contributed by atoms with Gasteiger partial charge in [-0.15, -0.1) is 5.10 Å². The maximum atomic E-state index is 14.4. The molecule has 2 heterocycles. The number of pyridine rings is 1. The van der Waals surface area contributed by atoms with Gasteiger partial charge < -0.3 is 9.84 Å². The van der Waals surface area contributed by atoms with Crippen molar-refractivity contribution in [3.63, 3.8) is 0 Å². The minimum Gasteiger partial charge on any atom is -0.449 e. The first kappa shape index (κ1) is 23.3. The lowest BCUT2D eigenvalue weighted by Crippen LogP contribution is -2.15. The Kier molecular flexibility index (Phi) is 7.50. The van der Waals surface area contributed by atoms with Gasteiger partial charge in [0.05, 0.1) is 6.54 Å². The molecule has 0 aliphatic carbocycles. The van der Waals surface area contributed by atoms with Crippen molar-refractivity contribution in [2.24, 2.45) is 0 Å². The first-order chi connectivity index (χ1) is 15.3. The number of aryl methyl sites for hydroxylation is 1. The van der Waals surface area contributed by atoms with Crippen molar-refractivity contribution in [3.8, 4) is 16.9 Å². The number of carbonyl (C=O) groups is 1. The largest absolute Gasteiger partial charge is 0.511 e. The van der Waals surface area contributed by atoms with Crippen LogP contribution in [0.25, 0.3) is 11.1 Å². The number of benzene rings is 1. The van der Waals surface area contributed by atoms with Gasteiger partial charge in [0.15, 0.2) is 0 Å². The molecule has 170 valence electrons. The number of nitrogens with zero attached hydrogens (tertiary/aromatic N) is 4. The van der Waals surface area contributed by atoms with E-state index in [4.69, 9.17) is 9.84 Å². The number of carboxylic acid groups (broad SMARTS) is 1. The van der Waals surface area contributed by atoms with E-state index in [1.807, 2.05) is 19.1 Å². The zero-order valence-electron chi connectivity index (χ0n) is 18.1. The van der Waals surface area contributed by atoms with Gasteiger partial charge in [-0.3, -0.25) is 4.98 Å². The highest BCUT2D eigenvalue weighted by Crippen LogP contribution is 2.31. The van der Waals surface area contributed by atoms with Gasteiger partial charge in [0.25, 0.3) is 0 Å². The van der Waals surface area contributed by atoms with Gasteiger partial charge in [-0.2, -0.15) is 8.78 Å². The van der Waals surface area contributed by atoms with E-state index in [9.17, 15) is 13.6 Å². The van der Waals surface area contributed by atoms with Crippen LogP contribution in [-0.4, -0.2) is 31.0 Å². The fourth-order valence-corrected chi connectivity index (χ4v) is 3.35. The van der Waals surface area contributed by atoms with Crippen LogP contribution in [0, 0.1) is 0 Å². The van der Waals surface area contributed by atoms with Crippen LogP contribution in [-0.2, 0) is 18.9 Å². The molecule has 1 N–H and O–H groups in total. The van der Waals surface area contributed by atoms with Gasteiger partial charge >= 0.3 is 12.1 Å². The Morgan fingerprint density at radius 3 is 2.56 bits per heavy atom. The molecule has 3 rings (SSSR count). The van der Waals surface area contributed by atoms with Crippen LogP contribution < -0.4 is 4.74 Å². The van der Waals surface area contributed by atoms with Crippen molar-refractivity contribution in [2.45, 2.75) is 58.4 Å². The van der Waals surface area contributed by atoms with Crippen molar-refractivity contribution in [1.29, 1.82) is 0 Å². The summed E-state index contributed by atoms with van der Waals surface area (Å²) in [5.41, 5.74) is 2.11. The molecule has 0 spiro atoms. The Morgan fingerprint density at radius 1 is 1.16 bits per heavy atom. The summed E-state index contributed by atoms with van der Waals surface area (Å²) in [4.78, 5) is 19.1. The maximum absolute atomic E-state index is 14.4. The molecular formula is C23H26F2N4O3. The molecule has 0 unspecified atom stereocenters. The van der Waals surface area contributed by atoms with E-state index in [0.717, 1.165) is 24.0 Å². The summed E-state index contributed by atoms with van der Waals surface area (Å²) in [7, 11) is 0. The van der Waals surface area contributed by atoms with Gasteiger partial charge in [0.2, 0.25) is 5.82 Å². The number of ether oxygens (including phenoxy) is 1. The van der Waals surface area contributed by atoms with Gasteiger partial charge in [-0.1, -0.05) is 44.5 Å². The van der Waals surface area contributed by atoms with Crippen LogP contribution in [0.1, 0.15) is 56.7 Å². The molecule has 9 heteroatoms. The van der Waals surface area contributed by atoms with Crippen LogP contribution >= 0.6 is 0 Å². The van der Waals surface area contributed by atoms with Crippen molar-refractivity contribution in [1.82, 2.24) is 19.7 Å². The second-order valence-electron chi connectivity index (χ2n) is 7.50. The fourth-order valence-electron chi connectivity index (χ4n) is 3.35. The van der Waals surface area contributed by atoms with Crippen LogP contribution in [0.3, 0.4) is 0 Å². The molecule has 32 heavy (non-hydrogen) atoms. The minimum atomic E-state index is -3.05. The topological polar surface area (TPSA) is 90.1 Å². The summed E-state index contributed by atoms with van der Waals surface area (Å²) < 4.78 is 35.1. The van der Waals surface area contributed by atoms with E-state index in [1.165, 1.54) is 18.5 Å². The highest BCUT2D eigenvalue weighted by Gasteiger charge is 2.36. The number of rotatable bonds is 10. The number of aromatic nitrogens is 4. The number of alkyl halides is 2. The minimum absolute atomic E-state index is 0.182. The van der Waals surface area contributed by atoms with E-state index in [-0.39, 0.29) is 12.2 Å². The lowest BCUT2D eigenvalue weighted by molar-refractivity contribution is -0.0232. The molecular weight excluding hydrogens is 418 g/mol. The molecule has 0 fully saturated rings. The summed E-state index contributed by atoms with van der Waals surface area (Å²) in [5, 5.41) is 13.1. The lowest BCUT2D eigenvalue weighted by Gasteiger charge is -2.10. The van der Waals surface area contributed by atoms with Gasteiger partial charge in [-0.05, 0) is 24.0 Å². The molecule has 0 amide bonds. The van der Waals surface area contributed by atoms with Crippen molar-refractivity contribution in [2.75, 3.05) is 0 Å². The Labute approximate surface area is 185 Å². The Hall–Kier alpha value is -3.36. The maximum Gasteiger partial charge on any atom is 0.511 e. The quantitative estimate of drug-likeness (QED) is 0.405. The molecule has 0 radical (unpaired) electrons. The van der Waals surface area contributed by atoms with Crippen LogP contribution in [0.2, 0.25) is 0 Å². The number of hydrogen-bond donors (Lipinski definition) is 1. The van der Waals surface area contributed by atoms with Gasteiger partial charge in [0.1, 0.15) is 11.6 Å². The summed E-state index contributed by atoms with van der Waals surface area (Å²) in [6.07, 6.45) is 3.96. The van der Waals surface area contributed by atoms with Crippen molar-refractivity contribution >= 4 is 6.16 Å². The second-order valence-corrected chi connectivity index (χ2v) is 7.50. The van der Waals surface area contributed by atoms with E-state index in [1.54, 1.807) is 23.7 Å². The molecule has 3 aromatic rings. The number of hydrogen-bond acceptors (Lipinski definition) is 5. The predicted octanol–water partition coefficient (Wildman–Crippen LogP) is 5.68. The predicted molar refractivity (Wildman–Crippen MR) is 115 cm³/mol. The molecule has 0 bridgehead atoms. The molecule has 0 atom stereocenters. The third-order valence-electron chi connectivity index (χ3n) is 4.97. The Bertz CT molecular complexity index is 1050. The van der Waals surface area contributed by atoms with Crippen LogP contribution in [0.5, 0.6) is 5.75 Å². The van der Waals surface area contributed by atoms with Crippen LogP contribution in [0.4, 0.5) is 13.6 Å². The van der Waals surface area contributed by atoms with Gasteiger partial charge in [0, 0.05) is 36.9 Å². The average Bonchev–Trinajstić information content (AvgIpc) is 3.16. The monoisotopic (exact) mass is 444 g/mol. The third kappa shape index (κ3) is 5.66. The molecule has 1 aromatic carbocycles. The molecule has 0 saturated heterocycles. The smallest absolute Gasteiger partial charge is 0.449 e. The zero-order chi connectivity index (χ0) is 23.1. The molecule has 0 aliphatic heterocycles. The SMILES string of the molecule is CCCCc1nc(C(F)(F)CCC)nn1Cc1ccc(-c2cnccc2OC(=O)O)cc1. The first-order valence-corrected chi connectivity index (χ1v) is 10.6. The number of halogens is 2.